The molecular formula is C20H20ClN5O2S. The number of aromatic nitrogens is 3. The van der Waals surface area contributed by atoms with Crippen LogP contribution in [0.4, 0.5) is 0 Å². The van der Waals surface area contributed by atoms with Crippen LogP contribution < -0.4 is 11.2 Å². The second kappa shape index (κ2) is 9.58. The Hall–Kier alpha value is -2.84. The molecule has 0 bridgehead atoms. The molecule has 0 saturated carbocycles. The standard InChI is InChI=1S/C20H20ClN5O2S/c1-13(27)17(11-14-5-3-2-4-6-14)23-18(28)12-29-20-25-24-19(26(20)22)15-7-9-16(21)10-8-15/h2-10,17H,11-12,22H2,1H3,(H,23,28)/t17-/m0/s1. The first-order chi connectivity index (χ1) is 13.9. The van der Waals surface area contributed by atoms with Crippen molar-refractivity contribution in [3.63, 3.8) is 0 Å². The fourth-order valence-electron chi connectivity index (χ4n) is 2.68. The number of amides is 1. The molecular weight excluding hydrogens is 410 g/mol. The van der Waals surface area contributed by atoms with E-state index in [1.165, 1.54) is 11.6 Å². The Morgan fingerprint density at radius 1 is 1.14 bits per heavy atom. The number of carbonyl (C=O) groups excluding carboxylic acids is 2. The number of Topliss-reactive ketones (excluding diaryl/α,β-unsaturated/α-hetero) is 1. The molecule has 0 saturated heterocycles. The molecule has 0 aliphatic carbocycles. The molecule has 1 amide bonds. The van der Waals surface area contributed by atoms with E-state index >= 15 is 0 Å². The van der Waals surface area contributed by atoms with Crippen molar-refractivity contribution < 1.29 is 9.59 Å². The Labute approximate surface area is 177 Å². The SMILES string of the molecule is CC(=O)[C@H](Cc1ccccc1)NC(=O)CSc1nnc(-c2ccc(Cl)cc2)n1N. The maximum absolute atomic E-state index is 12.3. The number of carbonyl (C=O) groups is 2. The summed E-state index contributed by atoms with van der Waals surface area (Å²) >= 11 is 7.05. The molecule has 29 heavy (non-hydrogen) atoms. The smallest absolute Gasteiger partial charge is 0.231 e. The molecule has 1 aromatic heterocycles. The largest absolute Gasteiger partial charge is 0.345 e. The molecule has 1 heterocycles. The fourth-order valence-corrected chi connectivity index (χ4v) is 3.48. The first-order valence-corrected chi connectivity index (χ1v) is 10.2. The topological polar surface area (TPSA) is 103 Å². The summed E-state index contributed by atoms with van der Waals surface area (Å²) in [5.74, 6) is 6.22. The van der Waals surface area contributed by atoms with Gasteiger partial charge in [0.15, 0.2) is 11.6 Å². The lowest BCUT2D eigenvalue weighted by Gasteiger charge is -2.16. The lowest BCUT2D eigenvalue weighted by molar-refractivity contribution is -0.125. The van der Waals surface area contributed by atoms with Crippen molar-refractivity contribution in [3.8, 4) is 11.4 Å². The van der Waals surface area contributed by atoms with E-state index in [0.29, 0.717) is 22.4 Å². The molecule has 0 unspecified atom stereocenters. The summed E-state index contributed by atoms with van der Waals surface area (Å²) in [6.07, 6.45) is 0.445. The van der Waals surface area contributed by atoms with Crippen LogP contribution >= 0.6 is 23.4 Å². The number of benzene rings is 2. The Kier molecular flexibility index (Phi) is 6.90. The first kappa shape index (κ1) is 20.9. The van der Waals surface area contributed by atoms with E-state index in [-0.39, 0.29) is 17.4 Å². The van der Waals surface area contributed by atoms with Gasteiger partial charge in [-0.3, -0.25) is 9.59 Å². The summed E-state index contributed by atoms with van der Waals surface area (Å²) in [6, 6.07) is 16.0. The predicted molar refractivity (Wildman–Crippen MR) is 114 cm³/mol. The number of nitrogens with one attached hydrogen (secondary N) is 1. The average Bonchev–Trinajstić information content (AvgIpc) is 3.07. The molecule has 3 aromatic rings. The van der Waals surface area contributed by atoms with Crippen LogP contribution in [-0.4, -0.2) is 38.4 Å². The molecule has 1 atom stereocenters. The van der Waals surface area contributed by atoms with Gasteiger partial charge in [-0.2, -0.15) is 0 Å². The van der Waals surface area contributed by atoms with E-state index in [1.807, 2.05) is 30.3 Å². The number of ketones is 1. The Morgan fingerprint density at radius 3 is 2.48 bits per heavy atom. The highest BCUT2D eigenvalue weighted by Crippen LogP contribution is 2.22. The summed E-state index contributed by atoms with van der Waals surface area (Å²) in [5.41, 5.74) is 1.75. The van der Waals surface area contributed by atoms with E-state index in [4.69, 9.17) is 17.4 Å². The van der Waals surface area contributed by atoms with Crippen molar-refractivity contribution in [2.45, 2.75) is 24.5 Å². The summed E-state index contributed by atoms with van der Waals surface area (Å²) in [5, 5.41) is 11.9. The van der Waals surface area contributed by atoms with Crippen molar-refractivity contribution in [3.05, 3.63) is 65.2 Å². The molecule has 150 valence electrons. The highest BCUT2D eigenvalue weighted by atomic mass is 35.5. The normalized spacial score (nSPS) is 11.8. The predicted octanol–water partition coefficient (Wildman–Crippen LogP) is 2.72. The van der Waals surface area contributed by atoms with E-state index < -0.39 is 6.04 Å². The number of hydrogen-bond donors (Lipinski definition) is 2. The van der Waals surface area contributed by atoms with Crippen LogP contribution in [0.2, 0.25) is 5.02 Å². The molecule has 3 N–H and O–H groups in total. The second-order valence-electron chi connectivity index (χ2n) is 6.39. The van der Waals surface area contributed by atoms with Gasteiger partial charge in [-0.15, -0.1) is 10.2 Å². The summed E-state index contributed by atoms with van der Waals surface area (Å²) in [4.78, 5) is 24.3. The van der Waals surface area contributed by atoms with Crippen molar-refractivity contribution in [1.82, 2.24) is 20.2 Å². The maximum Gasteiger partial charge on any atom is 0.231 e. The molecule has 0 spiro atoms. The van der Waals surface area contributed by atoms with Crippen molar-refractivity contribution in [1.29, 1.82) is 0 Å². The Bertz CT molecular complexity index is 992. The van der Waals surface area contributed by atoms with Crippen molar-refractivity contribution in [2.75, 3.05) is 11.6 Å². The van der Waals surface area contributed by atoms with Crippen LogP contribution in [0.3, 0.4) is 0 Å². The monoisotopic (exact) mass is 429 g/mol. The van der Waals surface area contributed by atoms with Gasteiger partial charge in [0.25, 0.3) is 0 Å². The molecule has 3 rings (SSSR count). The fraction of sp³-hybridized carbons (Fsp3) is 0.200. The van der Waals surface area contributed by atoms with Gasteiger partial charge in [0, 0.05) is 10.6 Å². The zero-order chi connectivity index (χ0) is 20.8. The summed E-state index contributed by atoms with van der Waals surface area (Å²) in [6.45, 7) is 1.47. The summed E-state index contributed by atoms with van der Waals surface area (Å²) in [7, 11) is 0. The van der Waals surface area contributed by atoms with Crippen molar-refractivity contribution in [2.24, 2.45) is 0 Å². The Morgan fingerprint density at radius 2 is 1.83 bits per heavy atom. The minimum atomic E-state index is -0.578. The van der Waals surface area contributed by atoms with Gasteiger partial charge in [0.05, 0.1) is 11.8 Å². The highest BCUT2D eigenvalue weighted by molar-refractivity contribution is 7.99. The van der Waals surface area contributed by atoms with E-state index in [9.17, 15) is 9.59 Å². The number of nitrogens with zero attached hydrogens (tertiary/aromatic N) is 3. The van der Waals surface area contributed by atoms with Crippen LogP contribution in [-0.2, 0) is 16.0 Å². The van der Waals surface area contributed by atoms with Crippen LogP contribution in [0.1, 0.15) is 12.5 Å². The third-order valence-electron chi connectivity index (χ3n) is 4.21. The minimum Gasteiger partial charge on any atom is -0.345 e. The quantitative estimate of drug-likeness (QED) is 0.421. The number of hydrogen-bond acceptors (Lipinski definition) is 6. The lowest BCUT2D eigenvalue weighted by Crippen LogP contribution is -2.42. The molecule has 0 aliphatic heterocycles. The molecule has 0 aliphatic rings. The highest BCUT2D eigenvalue weighted by Gasteiger charge is 2.19. The van der Waals surface area contributed by atoms with Gasteiger partial charge in [-0.25, -0.2) is 4.68 Å². The first-order valence-electron chi connectivity index (χ1n) is 8.87. The van der Waals surface area contributed by atoms with Gasteiger partial charge < -0.3 is 11.2 Å². The Balaban J connectivity index is 1.60. The van der Waals surface area contributed by atoms with Gasteiger partial charge in [-0.1, -0.05) is 53.7 Å². The van der Waals surface area contributed by atoms with Crippen LogP contribution in [0.25, 0.3) is 11.4 Å². The molecule has 7 nitrogen and oxygen atoms in total. The van der Waals surface area contributed by atoms with E-state index in [2.05, 4.69) is 15.5 Å². The zero-order valence-electron chi connectivity index (χ0n) is 15.7. The number of nitrogen functional groups attached to an aromatic ring is 1. The van der Waals surface area contributed by atoms with E-state index in [1.54, 1.807) is 24.3 Å². The third-order valence-corrected chi connectivity index (χ3v) is 5.40. The minimum absolute atomic E-state index is 0.0640. The van der Waals surface area contributed by atoms with Crippen LogP contribution in [0, 0.1) is 0 Å². The molecule has 2 aromatic carbocycles. The second-order valence-corrected chi connectivity index (χ2v) is 7.77. The molecule has 9 heteroatoms. The zero-order valence-corrected chi connectivity index (χ0v) is 17.3. The number of rotatable bonds is 8. The number of nitrogens with two attached hydrogens (primary N) is 1. The summed E-state index contributed by atoms with van der Waals surface area (Å²) < 4.78 is 1.33. The van der Waals surface area contributed by atoms with Gasteiger partial charge >= 0.3 is 0 Å². The average molecular weight is 430 g/mol. The molecule has 0 radical (unpaired) electrons. The molecule has 0 fully saturated rings. The third kappa shape index (κ3) is 5.58. The number of halogens is 1. The van der Waals surface area contributed by atoms with Gasteiger partial charge in [0.2, 0.25) is 11.1 Å². The van der Waals surface area contributed by atoms with E-state index in [0.717, 1.165) is 22.9 Å². The van der Waals surface area contributed by atoms with Gasteiger partial charge in [-0.05, 0) is 43.2 Å². The van der Waals surface area contributed by atoms with Crippen molar-refractivity contribution >= 4 is 35.1 Å². The number of thioether (sulfide) groups is 1. The lowest BCUT2D eigenvalue weighted by atomic mass is 10.0. The van der Waals surface area contributed by atoms with Gasteiger partial charge in [0.1, 0.15) is 0 Å². The van der Waals surface area contributed by atoms with Crippen LogP contribution in [0.5, 0.6) is 0 Å². The van der Waals surface area contributed by atoms with Crippen LogP contribution in [0.15, 0.2) is 59.8 Å². The maximum atomic E-state index is 12.3.